The minimum atomic E-state index is -0.887. The van der Waals surface area contributed by atoms with Gasteiger partial charge in [-0.3, -0.25) is 14.4 Å². The molecule has 0 radical (unpaired) electrons. The highest BCUT2D eigenvalue weighted by Crippen LogP contribution is 2.34. The third-order valence-corrected chi connectivity index (χ3v) is 4.42. The summed E-state index contributed by atoms with van der Waals surface area (Å²) in [7, 11) is 1.35. The molecule has 1 heterocycles. The lowest BCUT2D eigenvalue weighted by molar-refractivity contribution is -0.153. The lowest BCUT2D eigenvalue weighted by Gasteiger charge is -2.33. The third kappa shape index (κ3) is 2.94. The molecule has 2 rings (SSSR count). The van der Waals surface area contributed by atoms with Gasteiger partial charge in [0.15, 0.2) is 0 Å². The summed E-state index contributed by atoms with van der Waals surface area (Å²) in [5.41, 5.74) is 0. The van der Waals surface area contributed by atoms with Crippen LogP contribution in [0.3, 0.4) is 0 Å². The molecule has 6 heteroatoms. The number of hydrogen-bond donors (Lipinski definition) is 1. The van der Waals surface area contributed by atoms with E-state index in [1.54, 1.807) is 4.90 Å². The molecule has 1 unspecified atom stereocenters. The van der Waals surface area contributed by atoms with Gasteiger partial charge in [-0.15, -0.1) is 0 Å². The van der Waals surface area contributed by atoms with Crippen LogP contribution in [0.25, 0.3) is 0 Å². The molecule has 2 aliphatic rings. The summed E-state index contributed by atoms with van der Waals surface area (Å²) in [6.45, 7) is 0.962. The molecule has 20 heavy (non-hydrogen) atoms. The number of rotatable bonds is 3. The zero-order valence-corrected chi connectivity index (χ0v) is 11.7. The van der Waals surface area contributed by atoms with Gasteiger partial charge in [0.1, 0.15) is 0 Å². The van der Waals surface area contributed by atoms with Gasteiger partial charge in [-0.05, 0) is 25.7 Å². The number of esters is 1. The van der Waals surface area contributed by atoms with Crippen molar-refractivity contribution >= 4 is 17.8 Å². The summed E-state index contributed by atoms with van der Waals surface area (Å²) in [4.78, 5) is 36.9. The predicted molar refractivity (Wildman–Crippen MR) is 69.8 cm³/mol. The number of nitrogens with zero attached hydrogens (tertiary/aromatic N) is 1. The molecule has 1 saturated carbocycles. The van der Waals surface area contributed by atoms with Crippen molar-refractivity contribution in [1.82, 2.24) is 4.90 Å². The Hall–Kier alpha value is -1.59. The van der Waals surface area contributed by atoms with Crippen LogP contribution in [-0.4, -0.2) is 48.1 Å². The van der Waals surface area contributed by atoms with E-state index in [0.717, 1.165) is 19.3 Å². The van der Waals surface area contributed by atoms with Gasteiger partial charge in [0.25, 0.3) is 0 Å². The fourth-order valence-corrected chi connectivity index (χ4v) is 3.32. The SMILES string of the molecule is COC(=O)C1CCCN(C(=O)[C@@H]2CCC[C@@H]2C(=O)O)C1. The second-order valence-corrected chi connectivity index (χ2v) is 5.63. The second kappa shape index (κ2) is 6.24. The predicted octanol–water partition coefficient (Wildman–Crippen LogP) is 0.899. The summed E-state index contributed by atoms with van der Waals surface area (Å²) in [5.74, 6) is -2.55. The molecule has 0 aromatic carbocycles. The Morgan fingerprint density at radius 3 is 2.45 bits per heavy atom. The zero-order valence-electron chi connectivity index (χ0n) is 11.7. The maximum atomic E-state index is 12.5. The van der Waals surface area contributed by atoms with Gasteiger partial charge in [0, 0.05) is 13.1 Å². The number of likely N-dealkylation sites (tertiary alicyclic amines) is 1. The summed E-state index contributed by atoms with van der Waals surface area (Å²) in [5, 5.41) is 9.16. The largest absolute Gasteiger partial charge is 0.481 e. The topological polar surface area (TPSA) is 83.9 Å². The average molecular weight is 283 g/mol. The van der Waals surface area contributed by atoms with Gasteiger partial charge in [-0.25, -0.2) is 0 Å². The lowest BCUT2D eigenvalue weighted by Crippen LogP contribution is -2.46. The van der Waals surface area contributed by atoms with Crippen LogP contribution in [0.2, 0.25) is 0 Å². The van der Waals surface area contributed by atoms with Crippen molar-refractivity contribution in [2.45, 2.75) is 32.1 Å². The molecule has 1 aliphatic carbocycles. The molecule has 112 valence electrons. The first-order chi connectivity index (χ1) is 9.54. The minimum absolute atomic E-state index is 0.108. The van der Waals surface area contributed by atoms with E-state index in [9.17, 15) is 14.4 Å². The molecule has 0 bridgehead atoms. The maximum absolute atomic E-state index is 12.5. The van der Waals surface area contributed by atoms with Crippen molar-refractivity contribution in [3.8, 4) is 0 Å². The number of hydrogen-bond acceptors (Lipinski definition) is 4. The Morgan fingerprint density at radius 2 is 1.80 bits per heavy atom. The molecular weight excluding hydrogens is 262 g/mol. The van der Waals surface area contributed by atoms with Gasteiger partial charge >= 0.3 is 11.9 Å². The molecule has 2 fully saturated rings. The van der Waals surface area contributed by atoms with Crippen LogP contribution in [0.15, 0.2) is 0 Å². The van der Waals surface area contributed by atoms with Crippen molar-refractivity contribution in [3.05, 3.63) is 0 Å². The van der Waals surface area contributed by atoms with Gasteiger partial charge in [-0.1, -0.05) is 6.42 Å². The number of carboxylic acid groups (broad SMARTS) is 1. The van der Waals surface area contributed by atoms with Crippen molar-refractivity contribution < 1.29 is 24.2 Å². The Morgan fingerprint density at radius 1 is 1.10 bits per heavy atom. The first-order valence-electron chi connectivity index (χ1n) is 7.14. The van der Waals surface area contributed by atoms with E-state index in [1.807, 2.05) is 0 Å². The number of amides is 1. The van der Waals surface area contributed by atoms with Crippen LogP contribution < -0.4 is 0 Å². The van der Waals surface area contributed by atoms with E-state index in [2.05, 4.69) is 0 Å². The van der Waals surface area contributed by atoms with Crippen LogP contribution in [0.5, 0.6) is 0 Å². The Labute approximate surface area is 118 Å². The number of aliphatic carboxylic acids is 1. The number of methoxy groups -OCH3 is 1. The van der Waals surface area contributed by atoms with Crippen molar-refractivity contribution in [1.29, 1.82) is 0 Å². The molecular formula is C14H21NO5. The van der Waals surface area contributed by atoms with Crippen LogP contribution in [0.4, 0.5) is 0 Å². The zero-order chi connectivity index (χ0) is 14.7. The van der Waals surface area contributed by atoms with E-state index in [4.69, 9.17) is 9.84 Å². The van der Waals surface area contributed by atoms with E-state index in [0.29, 0.717) is 25.9 Å². The van der Waals surface area contributed by atoms with Crippen LogP contribution in [-0.2, 0) is 19.1 Å². The van der Waals surface area contributed by atoms with Gasteiger partial charge in [0.05, 0.1) is 24.9 Å². The van der Waals surface area contributed by atoms with Crippen LogP contribution >= 0.6 is 0 Å². The third-order valence-electron chi connectivity index (χ3n) is 4.42. The highest BCUT2D eigenvalue weighted by atomic mass is 16.5. The lowest BCUT2D eigenvalue weighted by atomic mass is 9.92. The number of carbonyl (C=O) groups excluding carboxylic acids is 2. The van der Waals surface area contributed by atoms with E-state index >= 15 is 0 Å². The highest BCUT2D eigenvalue weighted by Gasteiger charge is 2.41. The fraction of sp³-hybridized carbons (Fsp3) is 0.786. The maximum Gasteiger partial charge on any atom is 0.310 e. The molecule has 1 amide bonds. The van der Waals surface area contributed by atoms with Crippen LogP contribution in [0, 0.1) is 17.8 Å². The molecule has 1 aliphatic heterocycles. The Bertz CT molecular complexity index is 408. The average Bonchev–Trinajstić information content (AvgIpc) is 2.95. The standard InChI is InChI=1S/C14H21NO5/c1-20-14(19)9-4-3-7-15(8-9)12(16)10-5-2-6-11(10)13(17)18/h9-11H,2-8H2,1H3,(H,17,18)/t9?,10-,11+/m1/s1. The van der Waals surface area contributed by atoms with E-state index in [-0.39, 0.29) is 17.8 Å². The van der Waals surface area contributed by atoms with Gasteiger partial charge < -0.3 is 14.7 Å². The molecule has 0 aromatic rings. The smallest absolute Gasteiger partial charge is 0.310 e. The van der Waals surface area contributed by atoms with Gasteiger partial charge in [0.2, 0.25) is 5.91 Å². The van der Waals surface area contributed by atoms with E-state index in [1.165, 1.54) is 7.11 Å². The normalized spacial score (nSPS) is 30.1. The number of carboxylic acids is 1. The summed E-state index contributed by atoms with van der Waals surface area (Å²) in [6.07, 6.45) is 3.47. The summed E-state index contributed by atoms with van der Waals surface area (Å²) >= 11 is 0. The molecule has 6 nitrogen and oxygen atoms in total. The number of ether oxygens (including phenoxy) is 1. The van der Waals surface area contributed by atoms with Crippen LogP contribution in [0.1, 0.15) is 32.1 Å². The quantitative estimate of drug-likeness (QED) is 0.778. The Balaban J connectivity index is 2.01. The van der Waals surface area contributed by atoms with Gasteiger partial charge in [-0.2, -0.15) is 0 Å². The monoisotopic (exact) mass is 283 g/mol. The highest BCUT2D eigenvalue weighted by molar-refractivity contribution is 5.86. The molecule has 1 N–H and O–H groups in total. The second-order valence-electron chi connectivity index (χ2n) is 5.63. The number of piperidine rings is 1. The molecule has 0 spiro atoms. The number of carbonyl (C=O) groups is 3. The van der Waals surface area contributed by atoms with E-state index < -0.39 is 17.8 Å². The molecule has 3 atom stereocenters. The summed E-state index contributed by atoms with van der Waals surface area (Å²) in [6, 6.07) is 0. The first-order valence-corrected chi connectivity index (χ1v) is 7.14. The fourth-order valence-electron chi connectivity index (χ4n) is 3.32. The van der Waals surface area contributed by atoms with Crippen molar-refractivity contribution in [3.63, 3.8) is 0 Å². The Kier molecular flexibility index (Phi) is 4.62. The minimum Gasteiger partial charge on any atom is -0.481 e. The van der Waals surface area contributed by atoms with Crippen molar-refractivity contribution in [2.75, 3.05) is 20.2 Å². The van der Waals surface area contributed by atoms with Crippen molar-refractivity contribution in [2.24, 2.45) is 17.8 Å². The molecule has 1 saturated heterocycles. The first kappa shape index (κ1) is 14.8. The molecule has 0 aromatic heterocycles. The summed E-state index contributed by atoms with van der Waals surface area (Å²) < 4.78 is 4.73.